The Kier molecular flexibility index (Phi) is 4.24. The maximum atomic E-state index is 13.8. The summed E-state index contributed by atoms with van der Waals surface area (Å²) >= 11 is 3.60. The van der Waals surface area contributed by atoms with Crippen LogP contribution in [0.3, 0.4) is 0 Å². The van der Waals surface area contributed by atoms with E-state index in [4.69, 9.17) is 4.74 Å². The van der Waals surface area contributed by atoms with Gasteiger partial charge in [-0.1, -0.05) is 30.3 Å². The number of pyridine rings is 1. The topological polar surface area (TPSA) is 50.1 Å². The summed E-state index contributed by atoms with van der Waals surface area (Å²) < 4.78 is 9.65. The van der Waals surface area contributed by atoms with E-state index in [1.165, 1.54) is 5.56 Å². The molecule has 2 aromatic heterocycles. The van der Waals surface area contributed by atoms with Crippen molar-refractivity contribution >= 4 is 33.2 Å². The van der Waals surface area contributed by atoms with Crippen LogP contribution in [0.4, 0.5) is 5.82 Å². The van der Waals surface area contributed by atoms with E-state index in [9.17, 15) is 4.79 Å². The number of amides is 1. The summed E-state index contributed by atoms with van der Waals surface area (Å²) in [6.45, 7) is 3.63. The standard InChI is InChI=1S/C24H25BrN4O2/c1-23-11-9-19(17-5-3-2-4-6-17)28(23)22(30)24(31-23)12-15-27(16-13-24)21-8-7-18(25)20-10-14-26-29(20)21/h2-8,10,14,19H,9,11-13,15-16H2,1H3/t19-,23+/m0/s1. The molecule has 0 unspecified atom stereocenters. The van der Waals surface area contributed by atoms with Crippen molar-refractivity contribution in [1.82, 2.24) is 14.5 Å². The number of nitrogens with zero attached hydrogens (tertiary/aromatic N) is 4. The zero-order chi connectivity index (χ0) is 21.2. The molecule has 2 atom stereocenters. The Morgan fingerprint density at radius 2 is 1.84 bits per heavy atom. The molecule has 31 heavy (non-hydrogen) atoms. The molecule has 0 radical (unpaired) electrons. The lowest BCUT2D eigenvalue weighted by atomic mass is 9.89. The lowest BCUT2D eigenvalue weighted by Gasteiger charge is -2.39. The highest BCUT2D eigenvalue weighted by Crippen LogP contribution is 2.53. The van der Waals surface area contributed by atoms with Crippen LogP contribution in [0.15, 0.2) is 59.2 Å². The minimum Gasteiger partial charge on any atom is -0.356 e. The fourth-order valence-corrected chi connectivity index (χ4v) is 6.17. The van der Waals surface area contributed by atoms with Crippen LogP contribution in [-0.2, 0) is 9.53 Å². The number of rotatable bonds is 2. The summed E-state index contributed by atoms with van der Waals surface area (Å²) in [5.41, 5.74) is 1.03. The van der Waals surface area contributed by atoms with E-state index in [-0.39, 0.29) is 11.9 Å². The van der Waals surface area contributed by atoms with Crippen LogP contribution in [-0.4, -0.2) is 44.8 Å². The lowest BCUT2D eigenvalue weighted by molar-refractivity contribution is -0.143. The molecule has 0 saturated carbocycles. The highest BCUT2D eigenvalue weighted by Gasteiger charge is 2.63. The number of hydrogen-bond acceptors (Lipinski definition) is 4. The Morgan fingerprint density at radius 1 is 1.06 bits per heavy atom. The maximum Gasteiger partial charge on any atom is 0.257 e. The van der Waals surface area contributed by atoms with Crippen molar-refractivity contribution in [3.05, 3.63) is 64.8 Å². The van der Waals surface area contributed by atoms with E-state index in [0.717, 1.165) is 41.7 Å². The molecule has 160 valence electrons. The van der Waals surface area contributed by atoms with Gasteiger partial charge in [-0.25, -0.2) is 4.52 Å². The summed E-state index contributed by atoms with van der Waals surface area (Å²) in [7, 11) is 0. The molecule has 0 aliphatic carbocycles. The Hall–Kier alpha value is -2.38. The highest BCUT2D eigenvalue weighted by atomic mass is 79.9. The van der Waals surface area contributed by atoms with Crippen molar-refractivity contribution in [3.8, 4) is 0 Å². The van der Waals surface area contributed by atoms with Gasteiger partial charge in [-0.05, 0) is 59.5 Å². The number of benzene rings is 1. The molecule has 1 aromatic carbocycles. The minimum absolute atomic E-state index is 0.103. The molecule has 3 aromatic rings. The number of piperidine rings is 1. The predicted molar refractivity (Wildman–Crippen MR) is 122 cm³/mol. The fraction of sp³-hybridized carbons (Fsp3) is 0.417. The lowest BCUT2D eigenvalue weighted by Crippen LogP contribution is -2.50. The third-order valence-corrected chi connectivity index (χ3v) is 7.96. The van der Waals surface area contributed by atoms with E-state index < -0.39 is 11.3 Å². The fourth-order valence-electron chi connectivity index (χ4n) is 5.74. The monoisotopic (exact) mass is 480 g/mol. The zero-order valence-corrected chi connectivity index (χ0v) is 19.1. The van der Waals surface area contributed by atoms with Crippen LogP contribution < -0.4 is 4.90 Å². The Bertz CT molecular complexity index is 1150. The van der Waals surface area contributed by atoms with Gasteiger partial charge in [0.1, 0.15) is 11.5 Å². The average molecular weight is 481 g/mol. The molecular formula is C24H25BrN4O2. The van der Waals surface area contributed by atoms with E-state index in [0.29, 0.717) is 12.8 Å². The quantitative estimate of drug-likeness (QED) is 0.539. The molecule has 1 spiro atoms. The summed E-state index contributed by atoms with van der Waals surface area (Å²) in [5, 5.41) is 4.50. The Labute approximate surface area is 189 Å². The minimum atomic E-state index is -0.711. The van der Waals surface area contributed by atoms with Gasteiger partial charge in [0.15, 0.2) is 5.60 Å². The average Bonchev–Trinajstić information content (AvgIpc) is 3.45. The summed E-state index contributed by atoms with van der Waals surface area (Å²) in [5.74, 6) is 1.22. The van der Waals surface area contributed by atoms with Crippen LogP contribution in [0, 0.1) is 0 Å². The molecule has 3 saturated heterocycles. The second kappa shape index (κ2) is 6.81. The zero-order valence-electron chi connectivity index (χ0n) is 17.5. The van der Waals surface area contributed by atoms with Crippen molar-refractivity contribution < 1.29 is 9.53 Å². The molecule has 3 aliphatic rings. The van der Waals surface area contributed by atoms with Gasteiger partial charge in [0, 0.05) is 30.4 Å². The first-order chi connectivity index (χ1) is 15.0. The van der Waals surface area contributed by atoms with Gasteiger partial charge in [-0.2, -0.15) is 5.10 Å². The van der Waals surface area contributed by atoms with Gasteiger partial charge in [-0.15, -0.1) is 0 Å². The van der Waals surface area contributed by atoms with Crippen LogP contribution in [0.2, 0.25) is 0 Å². The molecule has 5 heterocycles. The molecule has 0 bridgehead atoms. The van der Waals surface area contributed by atoms with E-state index in [2.05, 4.69) is 69.3 Å². The number of anilines is 1. The van der Waals surface area contributed by atoms with Crippen LogP contribution in [0.1, 0.15) is 44.2 Å². The van der Waals surface area contributed by atoms with E-state index in [1.807, 2.05) is 27.7 Å². The molecule has 6 nitrogen and oxygen atoms in total. The van der Waals surface area contributed by atoms with Gasteiger partial charge >= 0.3 is 0 Å². The largest absolute Gasteiger partial charge is 0.356 e. The first kappa shape index (κ1) is 19.3. The van der Waals surface area contributed by atoms with Crippen molar-refractivity contribution in [3.63, 3.8) is 0 Å². The normalized spacial score (nSPS) is 27.4. The number of carbonyl (C=O) groups is 1. The second-order valence-electron chi connectivity index (χ2n) is 9.07. The number of fused-ring (bicyclic) bond motifs is 2. The second-order valence-corrected chi connectivity index (χ2v) is 9.92. The third kappa shape index (κ3) is 2.79. The number of carbonyl (C=O) groups excluding carboxylic acids is 1. The van der Waals surface area contributed by atoms with Gasteiger partial charge < -0.3 is 14.5 Å². The molecular weight excluding hydrogens is 456 g/mol. The Balaban J connectivity index is 1.26. The predicted octanol–water partition coefficient (Wildman–Crippen LogP) is 4.55. The van der Waals surface area contributed by atoms with Crippen LogP contribution in [0.5, 0.6) is 0 Å². The molecule has 6 rings (SSSR count). The van der Waals surface area contributed by atoms with Crippen molar-refractivity contribution in [2.45, 2.75) is 50.0 Å². The van der Waals surface area contributed by atoms with Gasteiger partial charge in [0.05, 0.1) is 17.8 Å². The number of aromatic nitrogens is 2. The number of halogens is 1. The molecule has 0 N–H and O–H groups in total. The molecule has 3 fully saturated rings. The molecule has 1 amide bonds. The van der Waals surface area contributed by atoms with Gasteiger partial charge in [-0.3, -0.25) is 4.79 Å². The van der Waals surface area contributed by atoms with Gasteiger partial charge in [0.2, 0.25) is 0 Å². The first-order valence-electron chi connectivity index (χ1n) is 11.0. The van der Waals surface area contributed by atoms with Crippen molar-refractivity contribution in [2.24, 2.45) is 0 Å². The number of hydrogen-bond donors (Lipinski definition) is 0. The van der Waals surface area contributed by atoms with E-state index >= 15 is 0 Å². The molecule has 7 heteroatoms. The van der Waals surface area contributed by atoms with Crippen molar-refractivity contribution in [1.29, 1.82) is 0 Å². The summed E-state index contributed by atoms with van der Waals surface area (Å²) in [6.07, 6.45) is 5.03. The van der Waals surface area contributed by atoms with E-state index in [1.54, 1.807) is 0 Å². The van der Waals surface area contributed by atoms with Crippen LogP contribution >= 0.6 is 15.9 Å². The van der Waals surface area contributed by atoms with Crippen molar-refractivity contribution in [2.75, 3.05) is 18.0 Å². The maximum absolute atomic E-state index is 13.8. The van der Waals surface area contributed by atoms with Crippen LogP contribution in [0.25, 0.3) is 5.52 Å². The highest BCUT2D eigenvalue weighted by molar-refractivity contribution is 9.10. The van der Waals surface area contributed by atoms with Gasteiger partial charge in [0.25, 0.3) is 5.91 Å². The first-order valence-corrected chi connectivity index (χ1v) is 11.8. The Morgan fingerprint density at radius 3 is 2.61 bits per heavy atom. The molecule has 3 aliphatic heterocycles. The SMILES string of the molecule is C[C@@]12CC[C@@H](c3ccccc3)N1C(=O)C1(CCN(c3ccc(Br)c4ccnn34)CC1)O2. The smallest absolute Gasteiger partial charge is 0.257 e. The third-order valence-electron chi connectivity index (χ3n) is 7.29. The summed E-state index contributed by atoms with van der Waals surface area (Å²) in [6, 6.07) is 16.6. The summed E-state index contributed by atoms with van der Waals surface area (Å²) in [4.78, 5) is 18.1. The number of ether oxygens (including phenoxy) is 1.